The fourth-order valence-electron chi connectivity index (χ4n) is 2.91. The minimum atomic E-state index is -0.558. The van der Waals surface area contributed by atoms with E-state index in [1.807, 2.05) is 6.92 Å². The molecule has 8 nitrogen and oxygen atoms in total. The minimum Gasteiger partial charge on any atom is -0.456 e. The van der Waals surface area contributed by atoms with E-state index in [1.165, 1.54) is 6.07 Å². The summed E-state index contributed by atoms with van der Waals surface area (Å²) in [6.45, 7) is 5.33. The van der Waals surface area contributed by atoms with Gasteiger partial charge in [-0.15, -0.1) is 4.57 Å². The monoisotopic (exact) mass is 397 g/mol. The maximum Gasteiger partial charge on any atom is 0.338 e. The normalized spacial score (nSPS) is 10.9. The lowest BCUT2D eigenvalue weighted by atomic mass is 10.1. The Bertz CT molecular complexity index is 1110. The van der Waals surface area contributed by atoms with E-state index in [-0.39, 0.29) is 18.1 Å². The number of aromatic nitrogens is 2. The number of ether oxygens (including phenoxy) is 1. The SMILES string of the molecule is CCCCC(=O)Nc1cccc(C(=O)OCc2cc(=O)n3oc(C)cc3n2)c1C. The molecule has 2 heterocycles. The molecule has 1 N–H and O–H groups in total. The molecule has 8 heteroatoms. The van der Waals surface area contributed by atoms with Crippen LogP contribution in [0.5, 0.6) is 0 Å². The molecule has 0 saturated heterocycles. The zero-order valence-corrected chi connectivity index (χ0v) is 16.7. The molecule has 0 aliphatic carbocycles. The Kier molecular flexibility index (Phi) is 6.11. The van der Waals surface area contributed by atoms with Gasteiger partial charge < -0.3 is 14.6 Å². The van der Waals surface area contributed by atoms with Crippen molar-refractivity contribution in [2.24, 2.45) is 0 Å². The molecule has 2 aromatic heterocycles. The number of unbranched alkanes of at least 4 members (excludes halogenated alkanes) is 1. The van der Waals surface area contributed by atoms with Gasteiger partial charge in [-0.3, -0.25) is 9.59 Å². The standard InChI is InChI=1S/C21H23N3O5/c1-4-5-9-19(25)23-17-8-6-7-16(14(17)3)21(27)28-12-15-11-20(26)24-18(22-15)10-13(2)29-24/h6-8,10-11H,4-5,9,12H2,1-3H3,(H,23,25). The quantitative estimate of drug-likeness (QED) is 0.613. The van der Waals surface area contributed by atoms with Crippen molar-refractivity contribution in [1.29, 1.82) is 0 Å². The van der Waals surface area contributed by atoms with Crippen LogP contribution in [0.25, 0.3) is 5.65 Å². The van der Waals surface area contributed by atoms with Crippen LogP contribution in [0, 0.1) is 13.8 Å². The molecule has 1 amide bonds. The molecule has 0 aliphatic rings. The molecule has 0 bridgehead atoms. The number of fused-ring (bicyclic) bond motifs is 1. The van der Waals surface area contributed by atoms with Crippen LogP contribution in [-0.2, 0) is 16.1 Å². The topological polar surface area (TPSA) is 103 Å². The Balaban J connectivity index is 1.72. The number of aryl methyl sites for hydroxylation is 1. The van der Waals surface area contributed by atoms with Crippen LogP contribution < -0.4 is 10.9 Å². The van der Waals surface area contributed by atoms with E-state index >= 15 is 0 Å². The third-order valence-electron chi connectivity index (χ3n) is 4.46. The van der Waals surface area contributed by atoms with Crippen LogP contribution in [0.3, 0.4) is 0 Å². The lowest BCUT2D eigenvalue weighted by Gasteiger charge is -2.12. The first-order valence-corrected chi connectivity index (χ1v) is 9.45. The summed E-state index contributed by atoms with van der Waals surface area (Å²) in [5.41, 5.74) is 1.83. The van der Waals surface area contributed by atoms with Crippen LogP contribution in [0.1, 0.15) is 53.6 Å². The summed E-state index contributed by atoms with van der Waals surface area (Å²) in [7, 11) is 0. The van der Waals surface area contributed by atoms with Gasteiger partial charge in [-0.2, -0.15) is 0 Å². The second-order valence-electron chi connectivity index (χ2n) is 6.79. The molecule has 0 radical (unpaired) electrons. The van der Waals surface area contributed by atoms with E-state index in [9.17, 15) is 14.4 Å². The van der Waals surface area contributed by atoms with Gasteiger partial charge in [-0.25, -0.2) is 9.78 Å². The molecule has 0 spiro atoms. The Morgan fingerprint density at radius 2 is 2.03 bits per heavy atom. The molecule has 1 aromatic carbocycles. The third-order valence-corrected chi connectivity index (χ3v) is 4.46. The van der Waals surface area contributed by atoms with Gasteiger partial charge in [0, 0.05) is 24.2 Å². The van der Waals surface area contributed by atoms with Crippen LogP contribution >= 0.6 is 0 Å². The zero-order valence-electron chi connectivity index (χ0n) is 16.7. The van der Waals surface area contributed by atoms with E-state index in [1.54, 1.807) is 38.1 Å². The summed E-state index contributed by atoms with van der Waals surface area (Å²) in [6, 6.07) is 7.95. The molecule has 0 saturated carbocycles. The lowest BCUT2D eigenvalue weighted by molar-refractivity contribution is -0.116. The average molecular weight is 397 g/mol. The van der Waals surface area contributed by atoms with Crippen molar-refractivity contribution < 1.29 is 18.8 Å². The molecule has 0 unspecified atom stereocenters. The van der Waals surface area contributed by atoms with E-state index in [0.29, 0.717) is 40.3 Å². The maximum atomic E-state index is 12.5. The highest BCUT2D eigenvalue weighted by Gasteiger charge is 2.15. The Hall–Kier alpha value is -3.42. The molecular weight excluding hydrogens is 374 g/mol. The first-order chi connectivity index (χ1) is 13.9. The van der Waals surface area contributed by atoms with Gasteiger partial charge in [-0.1, -0.05) is 19.4 Å². The van der Waals surface area contributed by atoms with E-state index in [0.717, 1.165) is 17.4 Å². The number of esters is 1. The summed E-state index contributed by atoms with van der Waals surface area (Å²) >= 11 is 0. The van der Waals surface area contributed by atoms with E-state index < -0.39 is 5.97 Å². The summed E-state index contributed by atoms with van der Waals surface area (Å²) < 4.78 is 11.6. The molecule has 0 fully saturated rings. The van der Waals surface area contributed by atoms with Crippen molar-refractivity contribution in [3.05, 3.63) is 63.3 Å². The summed E-state index contributed by atoms with van der Waals surface area (Å²) in [5, 5.41) is 2.83. The second kappa shape index (κ2) is 8.72. The fourth-order valence-corrected chi connectivity index (χ4v) is 2.91. The van der Waals surface area contributed by atoms with Gasteiger partial charge in [-0.05, 0) is 38.0 Å². The molecule has 3 aromatic rings. The van der Waals surface area contributed by atoms with Gasteiger partial charge in [0.1, 0.15) is 12.4 Å². The Labute approximate surface area is 167 Å². The van der Waals surface area contributed by atoms with Crippen molar-refractivity contribution in [2.75, 3.05) is 5.32 Å². The van der Waals surface area contributed by atoms with Gasteiger partial charge >= 0.3 is 5.97 Å². The molecule has 3 rings (SSSR count). The van der Waals surface area contributed by atoms with Gasteiger partial charge in [0.15, 0.2) is 5.65 Å². The molecular formula is C21H23N3O5. The molecule has 0 aliphatic heterocycles. The zero-order chi connectivity index (χ0) is 21.0. The van der Waals surface area contributed by atoms with Crippen molar-refractivity contribution in [3.8, 4) is 0 Å². The third kappa shape index (κ3) is 4.71. The van der Waals surface area contributed by atoms with Crippen LogP contribution in [0.2, 0.25) is 0 Å². The number of amides is 1. The number of benzene rings is 1. The number of nitrogens with one attached hydrogen (secondary N) is 1. The predicted molar refractivity (Wildman–Crippen MR) is 107 cm³/mol. The Morgan fingerprint density at radius 3 is 2.79 bits per heavy atom. The van der Waals surface area contributed by atoms with E-state index in [4.69, 9.17) is 9.26 Å². The number of nitrogens with zero attached hydrogens (tertiary/aromatic N) is 2. The highest BCUT2D eigenvalue weighted by atomic mass is 16.5. The van der Waals surface area contributed by atoms with Gasteiger partial charge in [0.2, 0.25) is 5.91 Å². The summed E-state index contributed by atoms with van der Waals surface area (Å²) in [4.78, 5) is 40.8. The Morgan fingerprint density at radius 1 is 1.24 bits per heavy atom. The van der Waals surface area contributed by atoms with Crippen molar-refractivity contribution >= 4 is 23.2 Å². The van der Waals surface area contributed by atoms with Gasteiger partial charge in [0.05, 0.1) is 11.3 Å². The maximum absolute atomic E-state index is 12.5. The average Bonchev–Trinajstić information content (AvgIpc) is 3.07. The predicted octanol–water partition coefficient (Wildman–Crippen LogP) is 3.39. The van der Waals surface area contributed by atoms with E-state index in [2.05, 4.69) is 10.3 Å². The molecule has 29 heavy (non-hydrogen) atoms. The summed E-state index contributed by atoms with van der Waals surface area (Å²) in [6.07, 6.45) is 2.17. The van der Waals surface area contributed by atoms with Crippen LogP contribution in [0.15, 0.2) is 39.6 Å². The minimum absolute atomic E-state index is 0.0890. The second-order valence-corrected chi connectivity index (χ2v) is 6.79. The largest absolute Gasteiger partial charge is 0.456 e. The fraction of sp³-hybridized carbons (Fsp3) is 0.333. The van der Waals surface area contributed by atoms with Crippen molar-refractivity contribution in [3.63, 3.8) is 0 Å². The highest BCUT2D eigenvalue weighted by Crippen LogP contribution is 2.20. The first kappa shape index (κ1) is 20.3. The number of rotatable bonds is 7. The van der Waals surface area contributed by atoms with Gasteiger partial charge in [0.25, 0.3) is 5.56 Å². The van der Waals surface area contributed by atoms with Crippen molar-refractivity contribution in [1.82, 2.24) is 9.56 Å². The number of carbonyl (C=O) groups is 2. The number of hydrogen-bond acceptors (Lipinski definition) is 6. The summed E-state index contributed by atoms with van der Waals surface area (Å²) in [5.74, 6) is -0.0939. The highest BCUT2D eigenvalue weighted by molar-refractivity contribution is 5.96. The van der Waals surface area contributed by atoms with Crippen molar-refractivity contribution in [2.45, 2.75) is 46.6 Å². The smallest absolute Gasteiger partial charge is 0.338 e. The number of anilines is 1. The molecule has 0 atom stereocenters. The van der Waals surface area contributed by atoms with Crippen LogP contribution in [0.4, 0.5) is 5.69 Å². The first-order valence-electron chi connectivity index (χ1n) is 9.45. The van der Waals surface area contributed by atoms with Crippen LogP contribution in [-0.4, -0.2) is 21.4 Å². The number of hydrogen-bond donors (Lipinski definition) is 1. The molecule has 152 valence electrons. The lowest BCUT2D eigenvalue weighted by Crippen LogP contribution is -2.16. The number of carbonyl (C=O) groups excluding carboxylic acids is 2.